The molecule has 0 atom stereocenters. The number of nitrogens with one attached hydrogen (secondary N) is 2. The van der Waals surface area contributed by atoms with Crippen LogP contribution in [0.15, 0.2) is 23.1 Å². The number of thioether (sulfide) groups is 1. The number of rotatable bonds is 2. The van der Waals surface area contributed by atoms with Crippen LogP contribution in [0.2, 0.25) is 0 Å². The van der Waals surface area contributed by atoms with Crippen LogP contribution in [-0.4, -0.2) is 18.6 Å². The lowest BCUT2D eigenvalue weighted by Gasteiger charge is -2.08. The predicted octanol–water partition coefficient (Wildman–Crippen LogP) is 3.19. The number of urea groups is 1. The van der Waals surface area contributed by atoms with Gasteiger partial charge in [0.05, 0.1) is 5.69 Å². The van der Waals surface area contributed by atoms with Crippen LogP contribution < -0.4 is 10.6 Å². The Balaban J connectivity index is 2.83. The van der Waals surface area contributed by atoms with Gasteiger partial charge in [0.2, 0.25) is 0 Å². The SMILES string of the molecule is CNC(=O)Nc1ccc(SC(F)(F)F)cc1F. The van der Waals surface area contributed by atoms with Crippen LogP contribution in [0.4, 0.5) is 28.0 Å². The van der Waals surface area contributed by atoms with E-state index in [0.29, 0.717) is 6.07 Å². The van der Waals surface area contributed by atoms with Crippen LogP contribution in [-0.2, 0) is 0 Å². The lowest BCUT2D eigenvalue weighted by Crippen LogP contribution is -2.24. The zero-order chi connectivity index (χ0) is 13.1. The molecule has 0 aromatic heterocycles. The largest absolute Gasteiger partial charge is 0.446 e. The summed E-state index contributed by atoms with van der Waals surface area (Å²) in [6.45, 7) is 0. The summed E-state index contributed by atoms with van der Waals surface area (Å²) in [5, 5.41) is 4.33. The van der Waals surface area contributed by atoms with Crippen molar-refractivity contribution in [1.29, 1.82) is 0 Å². The maximum absolute atomic E-state index is 13.3. The topological polar surface area (TPSA) is 41.1 Å². The van der Waals surface area contributed by atoms with E-state index in [-0.39, 0.29) is 10.6 Å². The van der Waals surface area contributed by atoms with Gasteiger partial charge in [-0.1, -0.05) is 0 Å². The molecule has 0 fully saturated rings. The molecule has 0 saturated carbocycles. The first-order valence-electron chi connectivity index (χ1n) is 4.36. The van der Waals surface area contributed by atoms with Gasteiger partial charge in [-0.05, 0) is 30.0 Å². The highest BCUT2D eigenvalue weighted by atomic mass is 32.2. The molecule has 0 unspecified atom stereocenters. The van der Waals surface area contributed by atoms with Crippen LogP contribution in [0.25, 0.3) is 0 Å². The second-order valence-corrected chi connectivity index (χ2v) is 4.03. The van der Waals surface area contributed by atoms with Crippen molar-refractivity contribution in [3.63, 3.8) is 0 Å². The van der Waals surface area contributed by atoms with Gasteiger partial charge in [0.15, 0.2) is 0 Å². The zero-order valence-electron chi connectivity index (χ0n) is 8.56. The fourth-order valence-electron chi connectivity index (χ4n) is 0.979. The molecule has 94 valence electrons. The summed E-state index contributed by atoms with van der Waals surface area (Å²) in [6.07, 6.45) is 0. The summed E-state index contributed by atoms with van der Waals surface area (Å²) in [7, 11) is 1.33. The molecule has 0 aliphatic carbocycles. The van der Waals surface area contributed by atoms with E-state index in [4.69, 9.17) is 0 Å². The van der Waals surface area contributed by atoms with E-state index in [9.17, 15) is 22.4 Å². The van der Waals surface area contributed by atoms with Gasteiger partial charge in [0, 0.05) is 11.9 Å². The number of halogens is 4. The highest BCUT2D eigenvalue weighted by Crippen LogP contribution is 2.37. The van der Waals surface area contributed by atoms with E-state index < -0.39 is 29.1 Å². The van der Waals surface area contributed by atoms with Gasteiger partial charge in [-0.2, -0.15) is 13.2 Å². The summed E-state index contributed by atoms with van der Waals surface area (Å²) in [6, 6.07) is 2.20. The Hall–Kier alpha value is -1.44. The van der Waals surface area contributed by atoms with Crippen molar-refractivity contribution in [2.24, 2.45) is 0 Å². The third-order valence-electron chi connectivity index (χ3n) is 1.65. The average Bonchev–Trinajstić information content (AvgIpc) is 2.19. The van der Waals surface area contributed by atoms with Crippen molar-refractivity contribution < 1.29 is 22.4 Å². The molecule has 0 saturated heterocycles. The van der Waals surface area contributed by atoms with Crippen LogP contribution in [0.1, 0.15) is 0 Å². The molecule has 0 radical (unpaired) electrons. The minimum Gasteiger partial charge on any atom is -0.341 e. The second-order valence-electron chi connectivity index (χ2n) is 2.89. The predicted molar refractivity (Wildman–Crippen MR) is 56.4 cm³/mol. The molecule has 2 amide bonds. The first-order valence-corrected chi connectivity index (χ1v) is 5.17. The molecule has 17 heavy (non-hydrogen) atoms. The maximum Gasteiger partial charge on any atom is 0.446 e. The van der Waals surface area contributed by atoms with Crippen molar-refractivity contribution in [3.8, 4) is 0 Å². The molecule has 0 aliphatic heterocycles. The van der Waals surface area contributed by atoms with Gasteiger partial charge in [-0.25, -0.2) is 9.18 Å². The number of alkyl halides is 3. The van der Waals surface area contributed by atoms with Crippen molar-refractivity contribution in [1.82, 2.24) is 5.32 Å². The first-order chi connectivity index (χ1) is 7.81. The third-order valence-corrected chi connectivity index (χ3v) is 2.37. The van der Waals surface area contributed by atoms with E-state index in [1.165, 1.54) is 7.05 Å². The Morgan fingerprint density at radius 2 is 2.00 bits per heavy atom. The van der Waals surface area contributed by atoms with E-state index in [2.05, 4.69) is 10.6 Å². The lowest BCUT2D eigenvalue weighted by atomic mass is 10.3. The zero-order valence-corrected chi connectivity index (χ0v) is 9.38. The smallest absolute Gasteiger partial charge is 0.341 e. The number of carbonyl (C=O) groups is 1. The normalized spacial score (nSPS) is 11.1. The molecular weight excluding hydrogens is 260 g/mol. The quantitative estimate of drug-likeness (QED) is 0.639. The Bertz CT molecular complexity index is 422. The Labute approximate surface area is 98.6 Å². The molecule has 8 heteroatoms. The molecule has 0 aliphatic rings. The molecule has 1 aromatic rings. The number of hydrogen-bond acceptors (Lipinski definition) is 2. The van der Waals surface area contributed by atoms with Gasteiger partial charge in [-0.3, -0.25) is 0 Å². The van der Waals surface area contributed by atoms with Crippen LogP contribution in [0.3, 0.4) is 0 Å². The molecule has 0 heterocycles. The lowest BCUT2D eigenvalue weighted by molar-refractivity contribution is -0.0328. The molecular formula is C9H8F4N2OS. The van der Waals surface area contributed by atoms with E-state index in [0.717, 1.165) is 12.1 Å². The molecule has 0 bridgehead atoms. The van der Waals surface area contributed by atoms with Gasteiger partial charge in [-0.15, -0.1) is 0 Å². The van der Waals surface area contributed by atoms with Gasteiger partial charge in [0.1, 0.15) is 5.82 Å². The van der Waals surface area contributed by atoms with Gasteiger partial charge in [0.25, 0.3) is 0 Å². The number of benzene rings is 1. The summed E-state index contributed by atoms with van der Waals surface area (Å²) < 4.78 is 49.3. The fourth-order valence-corrected chi connectivity index (χ4v) is 1.54. The van der Waals surface area contributed by atoms with Gasteiger partial charge < -0.3 is 10.6 Å². The van der Waals surface area contributed by atoms with Crippen LogP contribution >= 0.6 is 11.8 Å². The highest BCUT2D eigenvalue weighted by Gasteiger charge is 2.29. The van der Waals surface area contributed by atoms with Crippen molar-refractivity contribution in [2.75, 3.05) is 12.4 Å². The Morgan fingerprint density at radius 1 is 1.35 bits per heavy atom. The Kier molecular flexibility index (Phi) is 4.22. The number of amides is 2. The highest BCUT2D eigenvalue weighted by molar-refractivity contribution is 8.00. The first kappa shape index (κ1) is 13.6. The van der Waals surface area contributed by atoms with Crippen molar-refractivity contribution >= 4 is 23.5 Å². The standard InChI is InChI=1S/C9H8F4N2OS/c1-14-8(16)15-7-3-2-5(4-6(7)10)17-9(11,12)13/h2-4H,1H3,(H2,14,15,16). The minimum absolute atomic E-state index is 0.184. The van der Waals surface area contributed by atoms with E-state index in [1.807, 2.05) is 0 Å². The monoisotopic (exact) mass is 268 g/mol. The third kappa shape index (κ3) is 4.51. The summed E-state index contributed by atoms with van der Waals surface area (Å²) in [5.41, 5.74) is -4.65. The van der Waals surface area contributed by atoms with E-state index >= 15 is 0 Å². The molecule has 0 spiro atoms. The summed E-state index contributed by atoms with van der Waals surface area (Å²) in [4.78, 5) is 10.6. The minimum atomic E-state index is -4.47. The second kappa shape index (κ2) is 5.26. The number of carbonyl (C=O) groups excluding carboxylic acids is 1. The average molecular weight is 268 g/mol. The molecule has 1 rings (SSSR count). The summed E-state index contributed by atoms with van der Waals surface area (Å²) in [5.74, 6) is -0.928. The van der Waals surface area contributed by atoms with Crippen LogP contribution in [0.5, 0.6) is 0 Å². The summed E-state index contributed by atoms with van der Waals surface area (Å²) >= 11 is -0.420. The molecule has 2 N–H and O–H groups in total. The Morgan fingerprint density at radius 3 is 2.47 bits per heavy atom. The van der Waals surface area contributed by atoms with Crippen molar-refractivity contribution in [2.45, 2.75) is 10.4 Å². The molecule has 3 nitrogen and oxygen atoms in total. The van der Waals surface area contributed by atoms with E-state index in [1.54, 1.807) is 0 Å². The fraction of sp³-hybridized carbons (Fsp3) is 0.222. The number of hydrogen-bond donors (Lipinski definition) is 2. The number of anilines is 1. The van der Waals surface area contributed by atoms with Crippen molar-refractivity contribution in [3.05, 3.63) is 24.0 Å². The van der Waals surface area contributed by atoms with Gasteiger partial charge >= 0.3 is 11.5 Å². The maximum atomic E-state index is 13.3. The van der Waals surface area contributed by atoms with Crippen LogP contribution in [0, 0.1) is 5.82 Å². The molecule has 1 aromatic carbocycles.